The number of hydrogen-bond donors (Lipinski definition) is 2. The van der Waals surface area contributed by atoms with Crippen LogP contribution in [0.25, 0.3) is 5.69 Å². The zero-order valence-electron chi connectivity index (χ0n) is 13.0. The molecule has 0 amide bonds. The molecule has 0 radical (unpaired) electrons. The molecule has 0 saturated carbocycles. The highest BCUT2D eigenvalue weighted by Crippen LogP contribution is 2.23. The van der Waals surface area contributed by atoms with Crippen LogP contribution in [-0.2, 0) is 0 Å². The van der Waals surface area contributed by atoms with Crippen LogP contribution >= 0.6 is 11.6 Å². The smallest absolute Gasteiger partial charge is 0.292 e. The van der Waals surface area contributed by atoms with E-state index in [9.17, 15) is 4.79 Å². The molecule has 0 atom stereocenters. The summed E-state index contributed by atoms with van der Waals surface area (Å²) in [5.41, 5.74) is 9.51. The molecule has 3 rings (SSSR count). The standard InChI is InChI=1S/C17H19ClN4O/c1-12-7-5-6-10-14(12)20-21-15-11-19-22(17(23)16(15)18)13-8-3-2-4-9-13/h2-4,8-9,11,20-21H,5-7,10H2,1H3. The van der Waals surface area contributed by atoms with Crippen molar-refractivity contribution in [2.45, 2.75) is 32.6 Å². The quantitative estimate of drug-likeness (QED) is 0.840. The van der Waals surface area contributed by atoms with Gasteiger partial charge in [0.1, 0.15) is 5.02 Å². The first-order valence-corrected chi connectivity index (χ1v) is 8.08. The number of benzene rings is 1. The van der Waals surface area contributed by atoms with Crippen LogP contribution in [0.15, 0.2) is 52.6 Å². The Hall–Kier alpha value is -2.27. The van der Waals surface area contributed by atoms with E-state index >= 15 is 0 Å². The number of nitrogens with one attached hydrogen (secondary N) is 2. The molecule has 1 aliphatic carbocycles. The molecule has 2 N–H and O–H groups in total. The van der Waals surface area contributed by atoms with Gasteiger partial charge in [-0.25, -0.2) is 0 Å². The van der Waals surface area contributed by atoms with Gasteiger partial charge in [0.15, 0.2) is 0 Å². The van der Waals surface area contributed by atoms with Crippen LogP contribution < -0.4 is 16.4 Å². The number of hydrogen-bond acceptors (Lipinski definition) is 4. The third-order valence-electron chi connectivity index (χ3n) is 4.01. The second kappa shape index (κ2) is 6.87. The summed E-state index contributed by atoms with van der Waals surface area (Å²) in [5.74, 6) is 0. The van der Waals surface area contributed by atoms with Crippen LogP contribution in [0.3, 0.4) is 0 Å². The Morgan fingerprint density at radius 1 is 1.13 bits per heavy atom. The van der Waals surface area contributed by atoms with Crippen molar-refractivity contribution in [3.05, 3.63) is 63.2 Å². The Bertz CT molecular complexity index is 783. The molecule has 0 aliphatic heterocycles. The van der Waals surface area contributed by atoms with E-state index in [1.807, 2.05) is 30.3 Å². The Labute approximate surface area is 140 Å². The topological polar surface area (TPSA) is 59.0 Å². The fraction of sp³-hybridized carbons (Fsp3) is 0.294. The Balaban J connectivity index is 1.82. The Kier molecular flexibility index (Phi) is 4.67. The third-order valence-corrected chi connectivity index (χ3v) is 4.38. The summed E-state index contributed by atoms with van der Waals surface area (Å²) < 4.78 is 1.29. The molecule has 6 heteroatoms. The van der Waals surface area contributed by atoms with Crippen LogP contribution in [0, 0.1) is 0 Å². The first kappa shape index (κ1) is 15.6. The number of para-hydroxylation sites is 1. The molecular formula is C17H19ClN4O. The molecule has 1 aromatic heterocycles. The van der Waals surface area contributed by atoms with Crippen LogP contribution in [0.2, 0.25) is 5.02 Å². The Morgan fingerprint density at radius 3 is 2.61 bits per heavy atom. The lowest BCUT2D eigenvalue weighted by atomic mass is 9.98. The normalized spacial score (nSPS) is 14.7. The molecule has 1 aliphatic rings. The third kappa shape index (κ3) is 3.40. The van der Waals surface area contributed by atoms with Crippen molar-refractivity contribution >= 4 is 17.3 Å². The number of allylic oxidation sites excluding steroid dienone is 2. The zero-order chi connectivity index (χ0) is 16.2. The van der Waals surface area contributed by atoms with Crippen LogP contribution in [0.4, 0.5) is 5.69 Å². The molecule has 0 fully saturated rings. The number of hydrazine groups is 1. The van der Waals surface area contributed by atoms with Gasteiger partial charge >= 0.3 is 0 Å². The SMILES string of the molecule is CC1=C(NNc2cnn(-c3ccccc3)c(=O)c2Cl)CCCC1. The minimum Gasteiger partial charge on any atom is -0.305 e. The second-order valence-corrected chi connectivity index (χ2v) is 6.02. The average molecular weight is 331 g/mol. The minimum absolute atomic E-state index is 0.116. The van der Waals surface area contributed by atoms with E-state index in [2.05, 4.69) is 22.9 Å². The summed E-state index contributed by atoms with van der Waals surface area (Å²) in [7, 11) is 0. The van der Waals surface area contributed by atoms with Gasteiger partial charge in [-0.05, 0) is 44.7 Å². The lowest BCUT2D eigenvalue weighted by molar-refractivity contribution is 0.637. The first-order valence-electron chi connectivity index (χ1n) is 7.70. The van der Waals surface area contributed by atoms with Crippen LogP contribution in [0.1, 0.15) is 32.6 Å². The highest BCUT2D eigenvalue weighted by Gasteiger charge is 2.12. The molecule has 0 saturated heterocycles. The fourth-order valence-corrected chi connectivity index (χ4v) is 2.82. The number of aromatic nitrogens is 2. The molecule has 0 unspecified atom stereocenters. The number of rotatable bonds is 4. The van der Waals surface area contributed by atoms with Gasteiger partial charge < -0.3 is 5.43 Å². The van der Waals surface area contributed by atoms with Crippen molar-refractivity contribution < 1.29 is 0 Å². The summed E-state index contributed by atoms with van der Waals surface area (Å²) in [4.78, 5) is 12.4. The average Bonchev–Trinajstić information content (AvgIpc) is 2.58. The van der Waals surface area contributed by atoms with Crippen LogP contribution in [-0.4, -0.2) is 9.78 Å². The summed E-state index contributed by atoms with van der Waals surface area (Å²) in [6, 6.07) is 9.21. The van der Waals surface area contributed by atoms with Crippen molar-refractivity contribution in [1.82, 2.24) is 15.2 Å². The van der Waals surface area contributed by atoms with Gasteiger partial charge in [0.05, 0.1) is 17.6 Å². The van der Waals surface area contributed by atoms with Crippen LogP contribution in [0.5, 0.6) is 0 Å². The van der Waals surface area contributed by atoms with E-state index in [4.69, 9.17) is 11.6 Å². The van der Waals surface area contributed by atoms with E-state index in [-0.39, 0.29) is 10.6 Å². The van der Waals surface area contributed by atoms with Gasteiger partial charge in [0.2, 0.25) is 0 Å². The maximum absolute atomic E-state index is 12.4. The predicted molar refractivity (Wildman–Crippen MR) is 92.8 cm³/mol. The van der Waals surface area contributed by atoms with Gasteiger partial charge in [-0.3, -0.25) is 10.2 Å². The maximum Gasteiger partial charge on any atom is 0.292 e. The number of halogens is 1. The van der Waals surface area contributed by atoms with Gasteiger partial charge in [0.25, 0.3) is 5.56 Å². The molecular weight excluding hydrogens is 312 g/mol. The largest absolute Gasteiger partial charge is 0.305 e. The molecule has 120 valence electrons. The summed E-state index contributed by atoms with van der Waals surface area (Å²) in [5, 5.41) is 4.31. The van der Waals surface area contributed by atoms with E-state index < -0.39 is 0 Å². The summed E-state index contributed by atoms with van der Waals surface area (Å²) >= 11 is 6.21. The molecule has 1 heterocycles. The number of nitrogens with zero attached hydrogens (tertiary/aromatic N) is 2. The minimum atomic E-state index is -0.348. The van der Waals surface area contributed by atoms with Crippen molar-refractivity contribution in [1.29, 1.82) is 0 Å². The summed E-state index contributed by atoms with van der Waals surface area (Å²) in [6.07, 6.45) is 6.06. The first-order chi connectivity index (χ1) is 11.2. The predicted octanol–water partition coefficient (Wildman–Crippen LogP) is 3.65. The van der Waals surface area contributed by atoms with Crippen molar-refractivity contribution in [2.75, 3.05) is 5.43 Å². The molecule has 0 bridgehead atoms. The van der Waals surface area contributed by atoms with Gasteiger partial charge in [-0.1, -0.05) is 35.4 Å². The highest BCUT2D eigenvalue weighted by atomic mass is 35.5. The molecule has 23 heavy (non-hydrogen) atoms. The zero-order valence-corrected chi connectivity index (χ0v) is 13.7. The summed E-state index contributed by atoms with van der Waals surface area (Å²) in [6.45, 7) is 2.12. The molecule has 2 aromatic rings. The van der Waals surface area contributed by atoms with Gasteiger partial charge in [-0.2, -0.15) is 9.78 Å². The monoisotopic (exact) mass is 330 g/mol. The van der Waals surface area contributed by atoms with E-state index in [1.165, 1.54) is 28.8 Å². The lowest BCUT2D eigenvalue weighted by Crippen LogP contribution is -2.27. The van der Waals surface area contributed by atoms with Crippen molar-refractivity contribution in [2.24, 2.45) is 0 Å². The van der Waals surface area contributed by atoms with Gasteiger partial charge in [0, 0.05) is 5.70 Å². The fourth-order valence-electron chi connectivity index (χ4n) is 2.64. The van der Waals surface area contributed by atoms with E-state index in [0.717, 1.165) is 12.8 Å². The van der Waals surface area contributed by atoms with Crippen molar-refractivity contribution in [3.63, 3.8) is 0 Å². The van der Waals surface area contributed by atoms with E-state index in [0.29, 0.717) is 11.4 Å². The second-order valence-electron chi connectivity index (χ2n) is 5.64. The van der Waals surface area contributed by atoms with Crippen molar-refractivity contribution in [3.8, 4) is 5.69 Å². The highest BCUT2D eigenvalue weighted by molar-refractivity contribution is 6.32. The van der Waals surface area contributed by atoms with E-state index in [1.54, 1.807) is 6.20 Å². The molecule has 1 aromatic carbocycles. The lowest BCUT2D eigenvalue weighted by Gasteiger charge is -2.20. The number of anilines is 1. The Morgan fingerprint density at radius 2 is 1.87 bits per heavy atom. The molecule has 0 spiro atoms. The van der Waals surface area contributed by atoms with Gasteiger partial charge in [-0.15, -0.1) is 0 Å². The maximum atomic E-state index is 12.4. The molecule has 5 nitrogen and oxygen atoms in total.